The third kappa shape index (κ3) is 5.41. The summed E-state index contributed by atoms with van der Waals surface area (Å²) in [7, 11) is 3.11. The second kappa shape index (κ2) is 10.8. The van der Waals surface area contributed by atoms with Crippen molar-refractivity contribution in [3.8, 4) is 0 Å². The Morgan fingerprint density at radius 2 is 1.61 bits per heavy atom. The highest BCUT2D eigenvalue weighted by atomic mass is 19.3. The van der Waals surface area contributed by atoms with Gasteiger partial charge >= 0.3 is 0 Å². The van der Waals surface area contributed by atoms with Crippen molar-refractivity contribution in [3.05, 3.63) is 88.5 Å². The highest BCUT2D eigenvalue weighted by Gasteiger charge is 2.23. The predicted molar refractivity (Wildman–Crippen MR) is 138 cm³/mol. The molecule has 2 aromatic heterocycles. The predicted octanol–water partition coefficient (Wildman–Crippen LogP) is 5.54. The fourth-order valence-electron chi connectivity index (χ4n) is 3.90. The molecule has 0 spiro atoms. The number of hydrogen-bond acceptors (Lipinski definition) is 6. The Balaban J connectivity index is 1.79. The van der Waals surface area contributed by atoms with Gasteiger partial charge in [-0.2, -0.15) is 0 Å². The van der Waals surface area contributed by atoms with Crippen LogP contribution in [0.3, 0.4) is 0 Å². The van der Waals surface area contributed by atoms with Gasteiger partial charge in [-0.3, -0.25) is 9.59 Å². The van der Waals surface area contributed by atoms with Crippen LogP contribution in [0.4, 0.5) is 24.8 Å². The van der Waals surface area contributed by atoms with E-state index in [2.05, 4.69) is 25.6 Å². The number of nitrogens with one attached hydrogen (secondary N) is 2. The molecule has 2 amide bonds. The smallest absolute Gasteiger partial charge is 0.266 e. The topological polar surface area (TPSA) is 100 Å². The molecule has 0 aliphatic rings. The molecule has 0 unspecified atom stereocenters. The highest BCUT2D eigenvalue weighted by Crippen LogP contribution is 2.31. The molecule has 1 atom stereocenters. The third-order valence-electron chi connectivity index (χ3n) is 5.82. The van der Waals surface area contributed by atoms with Gasteiger partial charge in [0.25, 0.3) is 18.2 Å². The fourth-order valence-corrected chi connectivity index (χ4v) is 3.90. The van der Waals surface area contributed by atoms with Crippen LogP contribution in [0.5, 0.6) is 0 Å². The number of anilines is 2. The summed E-state index contributed by atoms with van der Waals surface area (Å²) in [6, 6.07) is 13.0. The molecule has 0 aliphatic heterocycles. The molecule has 2 heterocycles. The number of benzene rings is 2. The van der Waals surface area contributed by atoms with Crippen molar-refractivity contribution in [1.29, 1.82) is 0 Å². The summed E-state index contributed by atoms with van der Waals surface area (Å²) in [6.45, 7) is 3.22. The van der Waals surface area contributed by atoms with Gasteiger partial charge in [-0.15, -0.1) is 0 Å². The molecule has 4 aromatic rings. The number of aryl methyl sites for hydroxylation is 1. The summed E-state index contributed by atoms with van der Waals surface area (Å²) < 4.78 is 41.2. The zero-order valence-electron chi connectivity index (χ0n) is 21.1. The van der Waals surface area contributed by atoms with Crippen LogP contribution < -0.4 is 10.6 Å². The number of carbonyl (C=O) groups is 2. The maximum Gasteiger partial charge on any atom is 0.266 e. The monoisotopic (exact) mass is 522 g/mol. The molecular formula is C27H25F3N6O2. The van der Waals surface area contributed by atoms with E-state index < -0.39 is 35.7 Å². The quantitative estimate of drug-likeness (QED) is 0.331. The molecule has 0 saturated carbocycles. The molecule has 0 fully saturated rings. The Kier molecular flexibility index (Phi) is 7.56. The molecule has 196 valence electrons. The number of amides is 2. The van der Waals surface area contributed by atoms with Gasteiger partial charge < -0.3 is 15.5 Å². The minimum atomic E-state index is -2.96. The molecule has 2 aromatic carbocycles. The summed E-state index contributed by atoms with van der Waals surface area (Å²) >= 11 is 0. The highest BCUT2D eigenvalue weighted by molar-refractivity contribution is 6.10. The first-order valence-electron chi connectivity index (χ1n) is 11.7. The summed E-state index contributed by atoms with van der Waals surface area (Å²) in [5, 5.41) is 6.06. The number of alkyl halides is 2. The lowest BCUT2D eigenvalue weighted by molar-refractivity contribution is 0.0828. The van der Waals surface area contributed by atoms with E-state index in [1.165, 1.54) is 23.1 Å². The zero-order chi connectivity index (χ0) is 27.6. The first-order chi connectivity index (χ1) is 18.1. The van der Waals surface area contributed by atoms with Crippen LogP contribution in [-0.4, -0.2) is 45.8 Å². The second-order valence-electron chi connectivity index (χ2n) is 8.81. The normalized spacial score (nSPS) is 11.9. The number of halogens is 3. The van der Waals surface area contributed by atoms with Crippen LogP contribution in [0, 0.1) is 12.7 Å². The van der Waals surface area contributed by atoms with Crippen molar-refractivity contribution >= 4 is 34.5 Å². The van der Waals surface area contributed by atoms with E-state index in [-0.39, 0.29) is 28.4 Å². The summed E-state index contributed by atoms with van der Waals surface area (Å²) in [5.41, 5.74) is -0.0371. The van der Waals surface area contributed by atoms with E-state index in [9.17, 15) is 22.8 Å². The standard InChI is InChI=1S/C27H25F3N6O2/c1-14(17-11-8-12-18(21(17)28)22(29)30)31-23-19-13-20(27(38)36(3)4)25(34-24(19)33-15(2)32-23)35-26(37)16-9-6-5-7-10-16/h5-14,22H,1-4H3,(H2,31,32,33,34,35,37)/t14-/m1/s1. The maximum absolute atomic E-state index is 14.8. The van der Waals surface area contributed by atoms with Gasteiger partial charge in [0.05, 0.1) is 22.6 Å². The van der Waals surface area contributed by atoms with Crippen molar-refractivity contribution in [2.24, 2.45) is 0 Å². The van der Waals surface area contributed by atoms with E-state index in [1.807, 2.05) is 0 Å². The fraction of sp³-hybridized carbons (Fsp3) is 0.222. The summed E-state index contributed by atoms with van der Waals surface area (Å²) in [6.07, 6.45) is -2.96. The number of rotatable bonds is 7. The van der Waals surface area contributed by atoms with Crippen molar-refractivity contribution in [2.45, 2.75) is 26.3 Å². The van der Waals surface area contributed by atoms with Crippen LogP contribution in [0.1, 0.15) is 57.1 Å². The van der Waals surface area contributed by atoms with Crippen LogP contribution >= 0.6 is 0 Å². The number of carbonyl (C=O) groups excluding carboxylic acids is 2. The van der Waals surface area contributed by atoms with Crippen molar-refractivity contribution in [3.63, 3.8) is 0 Å². The van der Waals surface area contributed by atoms with Gasteiger partial charge in [0.2, 0.25) is 0 Å². The Bertz CT molecular complexity index is 1510. The molecule has 4 rings (SSSR count). The molecule has 0 bridgehead atoms. The van der Waals surface area contributed by atoms with E-state index in [4.69, 9.17) is 0 Å². The molecule has 0 saturated heterocycles. The molecular weight excluding hydrogens is 497 g/mol. The van der Waals surface area contributed by atoms with E-state index in [0.29, 0.717) is 16.8 Å². The number of pyridine rings is 1. The third-order valence-corrected chi connectivity index (χ3v) is 5.82. The Hall–Kier alpha value is -4.54. The van der Waals surface area contributed by atoms with Gasteiger partial charge in [-0.05, 0) is 32.0 Å². The van der Waals surface area contributed by atoms with Crippen molar-refractivity contribution < 1.29 is 22.8 Å². The average Bonchev–Trinajstić information content (AvgIpc) is 2.88. The minimum Gasteiger partial charge on any atom is -0.363 e. The molecule has 0 radical (unpaired) electrons. The lowest BCUT2D eigenvalue weighted by atomic mass is 10.0. The Labute approximate surface area is 216 Å². The minimum absolute atomic E-state index is 0.0119. The van der Waals surface area contributed by atoms with Gasteiger partial charge in [-0.25, -0.2) is 28.1 Å². The van der Waals surface area contributed by atoms with E-state index in [1.54, 1.807) is 58.3 Å². The molecule has 38 heavy (non-hydrogen) atoms. The van der Waals surface area contributed by atoms with Gasteiger partial charge in [0.1, 0.15) is 23.3 Å². The molecule has 2 N–H and O–H groups in total. The number of nitrogens with zero attached hydrogens (tertiary/aromatic N) is 4. The molecule has 11 heteroatoms. The van der Waals surface area contributed by atoms with Gasteiger partial charge in [0.15, 0.2) is 5.65 Å². The number of aromatic nitrogens is 3. The maximum atomic E-state index is 14.8. The van der Waals surface area contributed by atoms with Gasteiger partial charge in [-0.1, -0.05) is 36.4 Å². The summed E-state index contributed by atoms with van der Waals surface area (Å²) in [5.74, 6) is -1.35. The van der Waals surface area contributed by atoms with Crippen molar-refractivity contribution in [1.82, 2.24) is 19.9 Å². The lowest BCUT2D eigenvalue weighted by Crippen LogP contribution is -2.25. The Morgan fingerprint density at radius 3 is 2.26 bits per heavy atom. The number of hydrogen-bond donors (Lipinski definition) is 2. The molecule has 8 nitrogen and oxygen atoms in total. The first kappa shape index (κ1) is 26.5. The average molecular weight is 523 g/mol. The zero-order valence-corrected chi connectivity index (χ0v) is 21.1. The van der Waals surface area contributed by atoms with Crippen LogP contribution in [0.15, 0.2) is 54.6 Å². The Morgan fingerprint density at radius 1 is 0.921 bits per heavy atom. The SMILES string of the molecule is Cc1nc(N[C@H](C)c2cccc(C(F)F)c2F)c2cc(C(=O)N(C)C)c(NC(=O)c3ccccc3)nc2n1. The lowest BCUT2D eigenvalue weighted by Gasteiger charge is -2.20. The van der Waals surface area contributed by atoms with E-state index in [0.717, 1.165) is 6.07 Å². The van der Waals surface area contributed by atoms with Crippen LogP contribution in [0.2, 0.25) is 0 Å². The second-order valence-corrected chi connectivity index (χ2v) is 8.81. The molecule has 0 aliphatic carbocycles. The van der Waals surface area contributed by atoms with E-state index >= 15 is 0 Å². The van der Waals surface area contributed by atoms with Gasteiger partial charge in [0, 0.05) is 25.2 Å². The van der Waals surface area contributed by atoms with Crippen LogP contribution in [0.25, 0.3) is 11.0 Å². The summed E-state index contributed by atoms with van der Waals surface area (Å²) in [4.78, 5) is 40.4. The number of fused-ring (bicyclic) bond motifs is 1. The first-order valence-corrected chi connectivity index (χ1v) is 11.7. The van der Waals surface area contributed by atoms with Crippen LogP contribution in [-0.2, 0) is 0 Å². The van der Waals surface area contributed by atoms with Crippen molar-refractivity contribution in [2.75, 3.05) is 24.7 Å². The largest absolute Gasteiger partial charge is 0.363 e.